The molecule has 0 radical (unpaired) electrons. The van der Waals surface area contributed by atoms with Gasteiger partial charge in [-0.3, -0.25) is 4.99 Å². The van der Waals surface area contributed by atoms with E-state index in [4.69, 9.17) is 4.99 Å². The molecular formula is C19H31ClN2. The first kappa shape index (κ1) is 15.3. The first-order valence-corrected chi connectivity index (χ1v) is 9.45. The van der Waals surface area contributed by atoms with E-state index in [1.165, 1.54) is 37.9 Å². The van der Waals surface area contributed by atoms with Gasteiger partial charge in [-0.15, -0.1) is 12.4 Å². The number of halogens is 1. The van der Waals surface area contributed by atoms with Crippen molar-refractivity contribution in [1.82, 2.24) is 5.32 Å². The van der Waals surface area contributed by atoms with Crippen LogP contribution in [-0.2, 0) is 0 Å². The van der Waals surface area contributed by atoms with Gasteiger partial charge >= 0.3 is 0 Å². The molecule has 124 valence electrons. The molecule has 6 aliphatic rings. The maximum absolute atomic E-state index is 4.70. The number of hydrogen-bond acceptors (Lipinski definition) is 2. The van der Waals surface area contributed by atoms with Crippen LogP contribution in [0.1, 0.15) is 71.1 Å². The molecule has 1 heterocycles. The predicted molar refractivity (Wildman–Crippen MR) is 93.7 cm³/mol. The molecule has 5 saturated carbocycles. The molecule has 0 saturated heterocycles. The minimum atomic E-state index is 0. The quantitative estimate of drug-likeness (QED) is 0.791. The Bertz CT molecular complexity index is 466. The van der Waals surface area contributed by atoms with E-state index in [0.717, 1.165) is 29.7 Å². The minimum Gasteiger partial charge on any atom is -0.369 e. The summed E-state index contributed by atoms with van der Waals surface area (Å²) in [6.07, 6.45) is 15.4. The summed E-state index contributed by atoms with van der Waals surface area (Å²) in [5, 5.41) is 3.77. The number of nitrogens with zero attached hydrogens (tertiary/aromatic N) is 1. The van der Waals surface area contributed by atoms with Gasteiger partial charge in [0.1, 0.15) is 0 Å². The van der Waals surface area contributed by atoms with Crippen LogP contribution in [0.15, 0.2) is 4.99 Å². The zero-order chi connectivity index (χ0) is 14.1. The Labute approximate surface area is 141 Å². The van der Waals surface area contributed by atoms with Gasteiger partial charge in [-0.05, 0) is 86.9 Å². The molecule has 5 fully saturated rings. The molecule has 0 aromatic heterocycles. The lowest BCUT2D eigenvalue weighted by Crippen LogP contribution is -2.60. The summed E-state index contributed by atoms with van der Waals surface area (Å²) in [5.41, 5.74) is 1.35. The zero-order valence-electron chi connectivity index (χ0n) is 13.9. The number of aliphatic imine (C=N–C) groups is 1. The molecule has 3 atom stereocenters. The number of hydrogen-bond donors (Lipinski definition) is 1. The predicted octanol–water partition coefficient (Wildman–Crippen LogP) is 4.58. The van der Waals surface area contributed by atoms with Gasteiger partial charge in [0.25, 0.3) is 0 Å². The highest BCUT2D eigenvalue weighted by atomic mass is 35.5. The van der Waals surface area contributed by atoms with Crippen LogP contribution in [-0.4, -0.2) is 18.4 Å². The Kier molecular flexibility index (Phi) is 3.57. The van der Waals surface area contributed by atoms with Crippen LogP contribution in [0.4, 0.5) is 0 Å². The maximum Gasteiger partial charge on any atom is 0.0935 e. The fraction of sp³-hybridized carbons (Fsp3) is 0.947. The molecule has 0 amide bonds. The lowest BCUT2D eigenvalue weighted by Gasteiger charge is -2.65. The molecule has 5 aliphatic carbocycles. The average molecular weight is 323 g/mol. The molecule has 0 aromatic rings. The second kappa shape index (κ2) is 5.13. The van der Waals surface area contributed by atoms with Crippen LogP contribution < -0.4 is 5.32 Å². The van der Waals surface area contributed by atoms with Crippen molar-refractivity contribution in [3.63, 3.8) is 0 Å². The number of rotatable bonds is 2. The Balaban J connectivity index is 0.00000125. The van der Waals surface area contributed by atoms with Crippen LogP contribution in [0.3, 0.4) is 0 Å². The monoisotopic (exact) mass is 322 g/mol. The first-order chi connectivity index (χ1) is 10.2. The Morgan fingerprint density at radius 3 is 2.23 bits per heavy atom. The van der Waals surface area contributed by atoms with Gasteiger partial charge in [0.05, 0.1) is 18.4 Å². The van der Waals surface area contributed by atoms with E-state index in [9.17, 15) is 0 Å². The van der Waals surface area contributed by atoms with E-state index in [2.05, 4.69) is 12.2 Å². The largest absolute Gasteiger partial charge is 0.369 e. The van der Waals surface area contributed by atoms with Gasteiger partial charge in [-0.2, -0.15) is 0 Å². The molecule has 3 heteroatoms. The summed E-state index contributed by atoms with van der Waals surface area (Å²) in [6.45, 7) is 3.22. The molecule has 2 nitrogen and oxygen atoms in total. The number of amidine groups is 1. The van der Waals surface area contributed by atoms with Gasteiger partial charge < -0.3 is 5.32 Å². The van der Waals surface area contributed by atoms with Gasteiger partial charge in [0.15, 0.2) is 0 Å². The summed E-state index contributed by atoms with van der Waals surface area (Å²) in [7, 11) is 0. The van der Waals surface area contributed by atoms with Crippen LogP contribution >= 0.6 is 12.4 Å². The Morgan fingerprint density at radius 2 is 1.64 bits per heavy atom. The first-order valence-electron chi connectivity index (χ1n) is 9.45. The fourth-order valence-electron chi connectivity index (χ4n) is 7.75. The Hall–Kier alpha value is -0.240. The highest BCUT2D eigenvalue weighted by molar-refractivity contribution is 5.85. The van der Waals surface area contributed by atoms with E-state index in [0.29, 0.717) is 11.5 Å². The van der Waals surface area contributed by atoms with E-state index in [-0.39, 0.29) is 12.4 Å². The van der Waals surface area contributed by atoms with Gasteiger partial charge in [-0.25, -0.2) is 0 Å². The molecular weight excluding hydrogens is 292 g/mol. The molecule has 3 unspecified atom stereocenters. The van der Waals surface area contributed by atoms with Crippen molar-refractivity contribution < 1.29 is 0 Å². The normalized spacial score (nSPS) is 49.9. The summed E-state index contributed by atoms with van der Waals surface area (Å²) >= 11 is 0. The van der Waals surface area contributed by atoms with Crippen molar-refractivity contribution in [3.05, 3.63) is 0 Å². The molecule has 1 aliphatic heterocycles. The highest BCUT2D eigenvalue weighted by Crippen LogP contribution is 2.70. The van der Waals surface area contributed by atoms with E-state index in [1.807, 2.05) is 0 Å². The SMILES string of the molecule is CC1=NCC(C23CC4CC(CC(C5CCCC5)(C4)C2)C3)N1.Cl. The van der Waals surface area contributed by atoms with E-state index < -0.39 is 0 Å². The van der Waals surface area contributed by atoms with Crippen molar-refractivity contribution >= 4 is 18.2 Å². The number of nitrogens with one attached hydrogen (secondary N) is 1. The molecule has 4 bridgehead atoms. The van der Waals surface area contributed by atoms with Crippen molar-refractivity contribution in [2.24, 2.45) is 33.6 Å². The summed E-state index contributed by atoms with van der Waals surface area (Å²) in [4.78, 5) is 4.70. The molecule has 22 heavy (non-hydrogen) atoms. The standard InChI is InChI=1S/C19H30N2.ClH/c1-13-20-11-17(21-13)19-9-14-6-15(10-19)8-18(7-14,12-19)16-4-2-3-5-16;/h14-17H,2-12H2,1H3,(H,20,21);1H. The smallest absolute Gasteiger partial charge is 0.0935 e. The van der Waals surface area contributed by atoms with Crippen molar-refractivity contribution in [1.29, 1.82) is 0 Å². The average Bonchev–Trinajstić information content (AvgIpc) is 3.08. The van der Waals surface area contributed by atoms with Crippen LogP contribution in [0.5, 0.6) is 0 Å². The third kappa shape index (κ3) is 2.08. The van der Waals surface area contributed by atoms with Crippen LogP contribution in [0, 0.1) is 28.6 Å². The minimum absolute atomic E-state index is 0. The second-order valence-electron chi connectivity index (χ2n) is 9.29. The highest BCUT2D eigenvalue weighted by Gasteiger charge is 2.62. The third-order valence-corrected chi connectivity index (χ3v) is 8.01. The fourth-order valence-corrected chi connectivity index (χ4v) is 7.75. The topological polar surface area (TPSA) is 24.4 Å². The molecule has 0 aromatic carbocycles. The summed E-state index contributed by atoms with van der Waals surface area (Å²) in [6, 6.07) is 0.671. The zero-order valence-corrected chi connectivity index (χ0v) is 14.8. The van der Waals surface area contributed by atoms with E-state index in [1.54, 1.807) is 32.1 Å². The van der Waals surface area contributed by atoms with Crippen LogP contribution in [0.2, 0.25) is 0 Å². The molecule has 1 N–H and O–H groups in total. The second-order valence-corrected chi connectivity index (χ2v) is 9.29. The van der Waals surface area contributed by atoms with Gasteiger partial charge in [0, 0.05) is 0 Å². The van der Waals surface area contributed by atoms with Crippen LogP contribution in [0.25, 0.3) is 0 Å². The van der Waals surface area contributed by atoms with Gasteiger partial charge in [0.2, 0.25) is 0 Å². The molecule has 6 rings (SSSR count). The maximum atomic E-state index is 4.70. The lowest BCUT2D eigenvalue weighted by atomic mass is 9.40. The summed E-state index contributed by atoms with van der Waals surface area (Å²) < 4.78 is 0. The van der Waals surface area contributed by atoms with Crippen molar-refractivity contribution in [2.75, 3.05) is 6.54 Å². The summed E-state index contributed by atoms with van der Waals surface area (Å²) in [5.74, 6) is 4.38. The van der Waals surface area contributed by atoms with Gasteiger partial charge in [-0.1, -0.05) is 12.8 Å². The van der Waals surface area contributed by atoms with Crippen molar-refractivity contribution in [2.45, 2.75) is 77.2 Å². The van der Waals surface area contributed by atoms with Crippen molar-refractivity contribution in [3.8, 4) is 0 Å². The lowest BCUT2D eigenvalue weighted by molar-refractivity contribution is -0.144. The molecule has 0 spiro atoms. The van der Waals surface area contributed by atoms with E-state index >= 15 is 0 Å². The third-order valence-electron chi connectivity index (χ3n) is 8.01. The Morgan fingerprint density at radius 1 is 1.00 bits per heavy atom.